The van der Waals surface area contributed by atoms with E-state index in [4.69, 9.17) is 16.0 Å². The van der Waals surface area contributed by atoms with Crippen LogP contribution in [0.15, 0.2) is 29.4 Å². The van der Waals surface area contributed by atoms with Crippen LogP contribution in [0.4, 0.5) is 10.9 Å². The number of aliphatic hydroxyl groups is 1. The molecule has 2 heterocycles. The molecule has 0 aliphatic rings. The van der Waals surface area contributed by atoms with Gasteiger partial charge >= 0.3 is 0 Å². The smallest absolute Gasteiger partial charge is 0.192 e. The highest BCUT2D eigenvalue weighted by Crippen LogP contribution is 2.37. The maximum atomic E-state index is 9.75. The van der Waals surface area contributed by atoms with Crippen LogP contribution in [0, 0.1) is 17.2 Å². The number of thiazole rings is 1. The number of anilines is 2. The first kappa shape index (κ1) is 21.3. The Morgan fingerprint density at radius 3 is 2.76 bits per heavy atom. The van der Waals surface area contributed by atoms with E-state index in [9.17, 15) is 5.11 Å². The predicted octanol–water partition coefficient (Wildman–Crippen LogP) is 4.21. The average molecular weight is 429 g/mol. The third kappa shape index (κ3) is 5.35. The van der Waals surface area contributed by atoms with Crippen LogP contribution in [0.5, 0.6) is 0 Å². The first-order valence-corrected chi connectivity index (χ1v) is 11.1. The van der Waals surface area contributed by atoms with Gasteiger partial charge in [0.25, 0.3) is 0 Å². The van der Waals surface area contributed by atoms with Crippen molar-refractivity contribution in [3.05, 3.63) is 35.4 Å². The standard InChI is InChI=1S/C20H24N6OS2/c1-11(2)7-15(10-27)23-17-16-18(24-19(22)29-16)26-20(25-17)28-12(3)14-6-4-5-13(8-14)9-21/h4-6,8,11-12,15,27H,7,10H2,1-3H3,(H3,22,23,24,25,26)/t12?,15-/m0/s1. The number of aromatic nitrogens is 3. The minimum absolute atomic E-state index is 0.0117. The van der Waals surface area contributed by atoms with Crippen molar-refractivity contribution in [3.8, 4) is 6.07 Å². The number of nitrogens with two attached hydrogens (primary N) is 1. The van der Waals surface area contributed by atoms with E-state index in [1.165, 1.54) is 23.1 Å². The molecule has 0 aliphatic heterocycles. The second kappa shape index (κ2) is 9.39. The monoisotopic (exact) mass is 428 g/mol. The summed E-state index contributed by atoms with van der Waals surface area (Å²) in [6.45, 7) is 6.29. The van der Waals surface area contributed by atoms with Crippen LogP contribution in [-0.4, -0.2) is 32.7 Å². The van der Waals surface area contributed by atoms with E-state index in [0.717, 1.165) is 16.7 Å². The van der Waals surface area contributed by atoms with E-state index in [-0.39, 0.29) is 17.9 Å². The molecule has 4 N–H and O–H groups in total. The molecule has 0 amide bonds. The largest absolute Gasteiger partial charge is 0.394 e. The van der Waals surface area contributed by atoms with Gasteiger partial charge in [0, 0.05) is 5.25 Å². The average Bonchev–Trinajstić information content (AvgIpc) is 3.07. The topological polar surface area (TPSA) is 121 Å². The van der Waals surface area contributed by atoms with Crippen molar-refractivity contribution in [2.75, 3.05) is 17.7 Å². The summed E-state index contributed by atoms with van der Waals surface area (Å²) in [4.78, 5) is 13.6. The number of nitrogen functional groups attached to an aromatic ring is 1. The molecule has 0 aliphatic carbocycles. The molecule has 152 valence electrons. The van der Waals surface area contributed by atoms with Gasteiger partial charge in [-0.05, 0) is 37.0 Å². The lowest BCUT2D eigenvalue weighted by molar-refractivity contribution is 0.259. The number of aliphatic hydroxyl groups excluding tert-OH is 1. The van der Waals surface area contributed by atoms with Gasteiger partial charge in [-0.25, -0.2) is 15.0 Å². The van der Waals surface area contributed by atoms with Gasteiger partial charge in [0.2, 0.25) is 0 Å². The summed E-state index contributed by atoms with van der Waals surface area (Å²) >= 11 is 2.82. The highest BCUT2D eigenvalue weighted by atomic mass is 32.2. The van der Waals surface area contributed by atoms with Crippen LogP contribution in [0.1, 0.15) is 43.6 Å². The summed E-state index contributed by atoms with van der Waals surface area (Å²) in [6, 6.07) is 9.58. The molecule has 2 atom stereocenters. The number of nitrogens with one attached hydrogen (secondary N) is 1. The van der Waals surface area contributed by atoms with Crippen LogP contribution in [-0.2, 0) is 0 Å². The predicted molar refractivity (Wildman–Crippen MR) is 119 cm³/mol. The zero-order chi connectivity index (χ0) is 21.0. The lowest BCUT2D eigenvalue weighted by atomic mass is 10.0. The molecule has 2 aromatic heterocycles. The highest BCUT2D eigenvalue weighted by molar-refractivity contribution is 7.99. The summed E-state index contributed by atoms with van der Waals surface area (Å²) < 4.78 is 0.785. The fourth-order valence-corrected chi connectivity index (χ4v) is 4.61. The zero-order valence-corrected chi connectivity index (χ0v) is 18.2. The maximum Gasteiger partial charge on any atom is 0.192 e. The van der Waals surface area contributed by atoms with Gasteiger partial charge < -0.3 is 16.2 Å². The molecule has 7 nitrogen and oxygen atoms in total. The van der Waals surface area contributed by atoms with Crippen molar-refractivity contribution in [1.29, 1.82) is 5.26 Å². The molecule has 1 unspecified atom stereocenters. The number of rotatable bonds is 8. The van der Waals surface area contributed by atoms with Gasteiger partial charge in [-0.1, -0.05) is 49.1 Å². The third-order valence-corrected chi connectivity index (χ3v) is 6.23. The Morgan fingerprint density at radius 2 is 2.07 bits per heavy atom. The molecular formula is C20H24N6OS2. The van der Waals surface area contributed by atoms with Gasteiger partial charge in [-0.3, -0.25) is 0 Å². The summed E-state index contributed by atoms with van der Waals surface area (Å²) in [7, 11) is 0. The van der Waals surface area contributed by atoms with Crippen LogP contribution >= 0.6 is 23.1 Å². The van der Waals surface area contributed by atoms with E-state index in [1.807, 2.05) is 25.1 Å². The Morgan fingerprint density at radius 1 is 1.28 bits per heavy atom. The van der Waals surface area contributed by atoms with Crippen molar-refractivity contribution in [2.45, 2.75) is 43.6 Å². The van der Waals surface area contributed by atoms with Crippen LogP contribution in [0.3, 0.4) is 0 Å². The van der Waals surface area contributed by atoms with E-state index in [1.54, 1.807) is 6.07 Å². The number of hydrogen-bond acceptors (Lipinski definition) is 9. The second-order valence-corrected chi connectivity index (χ2v) is 9.55. The summed E-state index contributed by atoms with van der Waals surface area (Å²) in [6.07, 6.45) is 0.816. The Balaban J connectivity index is 1.91. The van der Waals surface area contributed by atoms with E-state index in [2.05, 4.69) is 35.2 Å². The number of benzene rings is 1. The fraction of sp³-hybridized carbons (Fsp3) is 0.400. The zero-order valence-electron chi connectivity index (χ0n) is 16.6. The molecule has 0 saturated carbocycles. The first-order chi connectivity index (χ1) is 13.9. The highest BCUT2D eigenvalue weighted by Gasteiger charge is 2.19. The third-order valence-electron chi connectivity index (χ3n) is 4.33. The Bertz CT molecular complexity index is 1030. The van der Waals surface area contributed by atoms with Crippen molar-refractivity contribution in [1.82, 2.24) is 15.0 Å². The minimum Gasteiger partial charge on any atom is -0.394 e. The molecular weight excluding hydrogens is 404 g/mol. The van der Waals surface area contributed by atoms with Gasteiger partial charge in [-0.2, -0.15) is 5.26 Å². The molecule has 0 spiro atoms. The summed E-state index contributed by atoms with van der Waals surface area (Å²) in [5, 5.41) is 23.3. The van der Waals surface area contributed by atoms with Crippen LogP contribution < -0.4 is 11.1 Å². The SMILES string of the molecule is CC(C)C[C@@H](CO)Nc1nc(SC(C)c2cccc(C#N)c2)nc2nc(N)sc12. The number of thioether (sulfide) groups is 1. The maximum absolute atomic E-state index is 9.75. The number of fused-ring (bicyclic) bond motifs is 1. The second-order valence-electron chi connectivity index (χ2n) is 7.21. The molecule has 1 aromatic carbocycles. The van der Waals surface area contributed by atoms with Crippen molar-refractivity contribution < 1.29 is 5.11 Å². The lowest BCUT2D eigenvalue weighted by Gasteiger charge is -2.19. The van der Waals surface area contributed by atoms with E-state index < -0.39 is 0 Å². The number of nitriles is 1. The van der Waals surface area contributed by atoms with Gasteiger partial charge in [-0.15, -0.1) is 0 Å². The van der Waals surface area contributed by atoms with E-state index >= 15 is 0 Å². The minimum atomic E-state index is -0.112. The normalized spacial score (nSPS) is 13.4. The Labute approximate surface area is 178 Å². The summed E-state index contributed by atoms with van der Waals surface area (Å²) in [5.74, 6) is 1.08. The molecule has 3 rings (SSSR count). The Hall–Kier alpha value is -2.41. The number of hydrogen-bond donors (Lipinski definition) is 3. The Kier molecular flexibility index (Phi) is 6.90. The fourth-order valence-electron chi connectivity index (χ4n) is 3.00. The molecule has 0 bridgehead atoms. The van der Waals surface area contributed by atoms with Crippen molar-refractivity contribution in [3.63, 3.8) is 0 Å². The first-order valence-electron chi connectivity index (χ1n) is 9.37. The van der Waals surface area contributed by atoms with Gasteiger partial charge in [0.05, 0.1) is 24.3 Å². The number of nitrogens with zero attached hydrogens (tertiary/aromatic N) is 4. The molecule has 0 fully saturated rings. The molecule has 29 heavy (non-hydrogen) atoms. The van der Waals surface area contributed by atoms with Gasteiger partial charge in [0.1, 0.15) is 4.70 Å². The molecule has 9 heteroatoms. The molecule has 0 saturated heterocycles. The van der Waals surface area contributed by atoms with E-state index in [0.29, 0.717) is 33.2 Å². The van der Waals surface area contributed by atoms with Crippen molar-refractivity contribution in [2.24, 2.45) is 5.92 Å². The molecule has 0 radical (unpaired) electrons. The summed E-state index contributed by atoms with van der Waals surface area (Å²) in [5.41, 5.74) is 8.10. The van der Waals surface area contributed by atoms with Crippen LogP contribution in [0.2, 0.25) is 0 Å². The lowest BCUT2D eigenvalue weighted by Crippen LogP contribution is -2.26. The molecule has 3 aromatic rings. The quantitative estimate of drug-likeness (QED) is 0.360. The van der Waals surface area contributed by atoms with Crippen molar-refractivity contribution >= 4 is 44.4 Å². The van der Waals surface area contributed by atoms with Crippen LogP contribution in [0.25, 0.3) is 10.3 Å². The van der Waals surface area contributed by atoms with Gasteiger partial charge in [0.15, 0.2) is 21.8 Å².